The van der Waals surface area contributed by atoms with Crippen molar-refractivity contribution in [3.8, 4) is 0 Å². The fraction of sp³-hybridized carbons (Fsp3) is 0.474. The highest BCUT2D eigenvalue weighted by Crippen LogP contribution is 2.48. The Morgan fingerprint density at radius 2 is 1.93 bits per heavy atom. The summed E-state index contributed by atoms with van der Waals surface area (Å²) in [5.41, 5.74) is 0.651. The van der Waals surface area contributed by atoms with Gasteiger partial charge in [-0.2, -0.15) is 18.3 Å². The molecule has 0 spiro atoms. The van der Waals surface area contributed by atoms with E-state index < -0.39 is 21.6 Å². The van der Waals surface area contributed by atoms with E-state index >= 15 is 0 Å². The van der Waals surface area contributed by atoms with Crippen LogP contribution < -0.4 is 5.32 Å². The lowest BCUT2D eigenvalue weighted by molar-refractivity contribution is -0.137. The summed E-state index contributed by atoms with van der Waals surface area (Å²) in [5, 5.41) is 7.15. The number of rotatable bonds is 4. The normalized spacial score (nSPS) is 25.7. The van der Waals surface area contributed by atoms with Crippen molar-refractivity contribution >= 4 is 21.6 Å². The fourth-order valence-electron chi connectivity index (χ4n) is 3.85. The third-order valence-electron chi connectivity index (χ3n) is 5.46. The molecule has 10 heteroatoms. The summed E-state index contributed by atoms with van der Waals surface area (Å²) in [5.74, 6) is -0.147. The van der Waals surface area contributed by atoms with Gasteiger partial charge in [0, 0.05) is 12.0 Å². The number of amides is 1. The van der Waals surface area contributed by atoms with Crippen molar-refractivity contribution in [3.63, 3.8) is 0 Å². The maximum atomic E-state index is 12.7. The number of sulfone groups is 1. The Morgan fingerprint density at radius 1 is 1.24 bits per heavy atom. The Kier molecular flexibility index (Phi) is 4.71. The fourth-order valence-corrected chi connectivity index (χ4v) is 5.54. The molecule has 0 bridgehead atoms. The van der Waals surface area contributed by atoms with Gasteiger partial charge >= 0.3 is 6.18 Å². The van der Waals surface area contributed by atoms with Gasteiger partial charge in [0.2, 0.25) is 5.91 Å². The average Bonchev–Trinajstić information content (AvgIpc) is 3.24. The number of hydrogen-bond acceptors (Lipinski definition) is 4. The maximum Gasteiger partial charge on any atom is 0.416 e. The topological polar surface area (TPSA) is 81.1 Å². The molecular weight excluding hydrogens is 407 g/mol. The molecule has 1 saturated heterocycles. The second-order valence-corrected chi connectivity index (χ2v) is 9.96. The first kappa shape index (κ1) is 19.9. The smallest absolute Gasteiger partial charge is 0.311 e. The molecule has 3 unspecified atom stereocenters. The Morgan fingerprint density at radius 3 is 2.52 bits per heavy atom. The first-order valence-electron chi connectivity index (χ1n) is 9.28. The maximum absolute atomic E-state index is 12.7. The average molecular weight is 427 g/mol. The van der Waals surface area contributed by atoms with E-state index in [-0.39, 0.29) is 35.3 Å². The first-order chi connectivity index (χ1) is 13.5. The highest BCUT2D eigenvalue weighted by Gasteiger charge is 2.44. The lowest BCUT2D eigenvalue weighted by Gasteiger charge is -2.14. The molecule has 1 N–H and O–H groups in total. The largest absolute Gasteiger partial charge is 0.416 e. The molecule has 3 atom stereocenters. The highest BCUT2D eigenvalue weighted by atomic mass is 32.2. The quantitative estimate of drug-likeness (QED) is 0.812. The summed E-state index contributed by atoms with van der Waals surface area (Å²) in [6.45, 7) is 1.76. The molecule has 1 aliphatic heterocycles. The summed E-state index contributed by atoms with van der Waals surface area (Å²) < 4.78 is 63.2. The van der Waals surface area contributed by atoms with Crippen LogP contribution in [0, 0.1) is 12.8 Å². The van der Waals surface area contributed by atoms with E-state index in [2.05, 4.69) is 10.4 Å². The Labute approximate surface area is 166 Å². The number of alkyl halides is 3. The zero-order valence-corrected chi connectivity index (χ0v) is 16.4. The Bertz CT molecular complexity index is 1040. The highest BCUT2D eigenvalue weighted by molar-refractivity contribution is 7.91. The molecule has 1 amide bonds. The van der Waals surface area contributed by atoms with Crippen LogP contribution in [-0.4, -0.2) is 35.6 Å². The molecule has 156 valence electrons. The minimum Gasteiger partial charge on any atom is -0.311 e. The van der Waals surface area contributed by atoms with Crippen LogP contribution in [0.2, 0.25) is 0 Å². The summed E-state index contributed by atoms with van der Waals surface area (Å²) in [6, 6.07) is 6.27. The van der Waals surface area contributed by atoms with Gasteiger partial charge in [-0.3, -0.25) is 4.79 Å². The van der Waals surface area contributed by atoms with Gasteiger partial charge in [0.05, 0.1) is 28.8 Å². The molecule has 2 aromatic rings. The number of aromatic nitrogens is 2. The second kappa shape index (κ2) is 6.86. The van der Waals surface area contributed by atoms with E-state index in [0.29, 0.717) is 29.9 Å². The van der Waals surface area contributed by atoms with Crippen molar-refractivity contribution in [3.05, 3.63) is 47.2 Å². The molecule has 1 aromatic carbocycles. The molecule has 4 rings (SSSR count). The van der Waals surface area contributed by atoms with E-state index in [9.17, 15) is 26.4 Å². The first-order valence-corrected chi connectivity index (χ1v) is 11.1. The van der Waals surface area contributed by atoms with Crippen LogP contribution in [-0.2, 0) is 20.8 Å². The van der Waals surface area contributed by atoms with Crippen LogP contribution in [0.25, 0.3) is 0 Å². The number of benzene rings is 1. The predicted octanol–water partition coefficient (Wildman–Crippen LogP) is 3.31. The third-order valence-corrected chi connectivity index (χ3v) is 7.21. The molecule has 0 radical (unpaired) electrons. The lowest BCUT2D eigenvalue weighted by Crippen LogP contribution is -2.21. The van der Waals surface area contributed by atoms with Gasteiger partial charge in [0.15, 0.2) is 9.84 Å². The molecule has 2 fully saturated rings. The van der Waals surface area contributed by atoms with Crippen molar-refractivity contribution < 1.29 is 26.4 Å². The third kappa shape index (κ3) is 4.17. The minimum atomic E-state index is -4.39. The number of nitrogens with zero attached hydrogens (tertiary/aromatic N) is 2. The molecule has 1 saturated carbocycles. The predicted molar refractivity (Wildman–Crippen MR) is 100 cm³/mol. The van der Waals surface area contributed by atoms with E-state index in [0.717, 1.165) is 12.1 Å². The van der Waals surface area contributed by atoms with Crippen LogP contribution in [0.5, 0.6) is 0 Å². The van der Waals surface area contributed by atoms with Crippen LogP contribution in [0.15, 0.2) is 30.3 Å². The van der Waals surface area contributed by atoms with Crippen molar-refractivity contribution in [2.75, 3.05) is 16.8 Å². The van der Waals surface area contributed by atoms with Crippen molar-refractivity contribution in [2.45, 2.75) is 37.9 Å². The van der Waals surface area contributed by atoms with Crippen molar-refractivity contribution in [1.82, 2.24) is 9.78 Å². The molecule has 1 aromatic heterocycles. The van der Waals surface area contributed by atoms with Crippen LogP contribution in [0.1, 0.15) is 41.6 Å². The summed E-state index contributed by atoms with van der Waals surface area (Å²) in [7, 11) is -3.10. The Balaban J connectivity index is 1.44. The SMILES string of the molecule is Cc1cc(NC(=O)C2CC2c2ccc(C(F)(F)F)cc2)n(C2CCS(=O)(=O)C2)n1. The number of nitrogens with one attached hydrogen (secondary N) is 1. The van der Waals surface area contributed by atoms with Crippen LogP contribution in [0.4, 0.5) is 19.0 Å². The van der Waals surface area contributed by atoms with E-state index in [1.165, 1.54) is 12.1 Å². The molecule has 29 heavy (non-hydrogen) atoms. The van der Waals surface area contributed by atoms with Gasteiger partial charge in [-0.1, -0.05) is 12.1 Å². The molecule has 2 aliphatic rings. The number of halogens is 3. The van der Waals surface area contributed by atoms with Gasteiger partial charge in [-0.25, -0.2) is 13.1 Å². The summed E-state index contributed by atoms with van der Waals surface area (Å²) >= 11 is 0. The lowest BCUT2D eigenvalue weighted by atomic mass is 10.1. The van der Waals surface area contributed by atoms with Gasteiger partial charge < -0.3 is 5.32 Å². The zero-order chi connectivity index (χ0) is 21.0. The number of aryl methyl sites for hydroxylation is 1. The van der Waals surface area contributed by atoms with Gasteiger partial charge in [-0.15, -0.1) is 0 Å². The molecular formula is C19H20F3N3O3S. The van der Waals surface area contributed by atoms with E-state index in [4.69, 9.17) is 0 Å². The molecule has 2 heterocycles. The van der Waals surface area contributed by atoms with Gasteiger partial charge in [0.25, 0.3) is 0 Å². The molecule has 1 aliphatic carbocycles. The van der Waals surface area contributed by atoms with Crippen molar-refractivity contribution in [1.29, 1.82) is 0 Å². The Hall–Kier alpha value is -2.36. The number of carbonyl (C=O) groups excluding carboxylic acids is 1. The second-order valence-electron chi connectivity index (χ2n) is 7.73. The van der Waals surface area contributed by atoms with E-state index in [1.807, 2.05) is 0 Å². The van der Waals surface area contributed by atoms with Crippen LogP contribution >= 0.6 is 0 Å². The monoisotopic (exact) mass is 427 g/mol. The number of carbonyl (C=O) groups is 1. The number of hydrogen-bond donors (Lipinski definition) is 1. The molecule has 6 nitrogen and oxygen atoms in total. The number of anilines is 1. The standard InChI is InChI=1S/C19H20F3N3O3S/c1-11-8-17(25(24-11)14-6-7-29(27,28)10-14)23-18(26)16-9-15(16)12-2-4-13(5-3-12)19(20,21)22/h2-5,8,14-16H,6-7,9-10H2,1H3,(H,23,26). The van der Waals surface area contributed by atoms with Crippen molar-refractivity contribution in [2.24, 2.45) is 5.92 Å². The van der Waals surface area contributed by atoms with Gasteiger partial charge in [-0.05, 0) is 43.4 Å². The summed E-state index contributed by atoms with van der Waals surface area (Å²) in [4.78, 5) is 12.6. The zero-order valence-electron chi connectivity index (χ0n) is 15.6. The van der Waals surface area contributed by atoms with Gasteiger partial charge in [0.1, 0.15) is 5.82 Å². The van der Waals surface area contributed by atoms with E-state index in [1.54, 1.807) is 17.7 Å². The van der Waals surface area contributed by atoms with Crippen LogP contribution in [0.3, 0.4) is 0 Å². The summed E-state index contributed by atoms with van der Waals surface area (Å²) in [6.07, 6.45) is -3.38. The minimum absolute atomic E-state index is 0.00536.